The van der Waals surface area contributed by atoms with Crippen LogP contribution >= 0.6 is 22.6 Å². The average Bonchev–Trinajstić information content (AvgIpc) is 2.96. The van der Waals surface area contributed by atoms with Gasteiger partial charge in [0.05, 0.1) is 20.3 Å². The zero-order chi connectivity index (χ0) is 17.3. The fraction of sp³-hybridized carbons (Fsp3) is 0.0625. The third-order valence-electron chi connectivity index (χ3n) is 3.36. The topological polar surface area (TPSA) is 84.2 Å². The van der Waals surface area contributed by atoms with Crippen LogP contribution in [0.1, 0.15) is 5.56 Å². The van der Waals surface area contributed by atoms with E-state index in [2.05, 4.69) is 32.4 Å². The summed E-state index contributed by atoms with van der Waals surface area (Å²) in [5.41, 5.74) is 1.71. The Morgan fingerprint density at radius 3 is 2.50 bits per heavy atom. The maximum atomic E-state index is 12.5. The summed E-state index contributed by atoms with van der Waals surface area (Å²) in [6, 6.07) is 11.0. The van der Waals surface area contributed by atoms with E-state index in [0.29, 0.717) is 11.4 Å². The van der Waals surface area contributed by atoms with Crippen molar-refractivity contribution in [1.29, 1.82) is 0 Å². The molecule has 0 aliphatic heterocycles. The lowest BCUT2D eigenvalue weighted by Crippen LogP contribution is -2.13. The van der Waals surface area contributed by atoms with Crippen molar-refractivity contribution in [1.82, 2.24) is 9.78 Å². The number of hydrogen-bond acceptors (Lipinski definition) is 4. The molecule has 24 heavy (non-hydrogen) atoms. The summed E-state index contributed by atoms with van der Waals surface area (Å²) in [5, 5.41) is 14.1. The van der Waals surface area contributed by atoms with Crippen LogP contribution in [-0.4, -0.2) is 23.3 Å². The molecule has 0 aliphatic rings. The van der Waals surface area contributed by atoms with Crippen LogP contribution in [0.15, 0.2) is 59.8 Å². The van der Waals surface area contributed by atoms with E-state index >= 15 is 0 Å². The largest absolute Gasteiger partial charge is 0.506 e. The minimum atomic E-state index is -3.70. The Kier molecular flexibility index (Phi) is 4.50. The maximum absolute atomic E-state index is 12.5. The Hall–Kier alpha value is -2.07. The van der Waals surface area contributed by atoms with Gasteiger partial charge in [0.1, 0.15) is 11.4 Å². The molecule has 1 aromatic heterocycles. The van der Waals surface area contributed by atoms with Gasteiger partial charge in [-0.05, 0) is 59.8 Å². The van der Waals surface area contributed by atoms with Crippen LogP contribution in [0.2, 0.25) is 0 Å². The predicted octanol–water partition coefficient (Wildman–Crippen LogP) is 3.29. The van der Waals surface area contributed by atoms with Gasteiger partial charge in [0.15, 0.2) is 0 Å². The predicted molar refractivity (Wildman–Crippen MR) is 99.9 cm³/mol. The van der Waals surface area contributed by atoms with Gasteiger partial charge in [0.2, 0.25) is 0 Å². The van der Waals surface area contributed by atoms with Gasteiger partial charge < -0.3 is 5.11 Å². The normalized spacial score (nSPS) is 11.4. The van der Waals surface area contributed by atoms with Crippen LogP contribution < -0.4 is 4.72 Å². The average molecular weight is 455 g/mol. The molecular weight excluding hydrogens is 441 g/mol. The van der Waals surface area contributed by atoms with Crippen molar-refractivity contribution in [3.05, 3.63) is 64.0 Å². The number of anilines is 1. The number of aromatic hydroxyl groups is 1. The molecule has 3 rings (SSSR count). The van der Waals surface area contributed by atoms with Gasteiger partial charge in [-0.15, -0.1) is 0 Å². The van der Waals surface area contributed by atoms with Gasteiger partial charge in [0.25, 0.3) is 10.0 Å². The molecule has 0 radical (unpaired) electrons. The van der Waals surface area contributed by atoms with E-state index in [4.69, 9.17) is 0 Å². The lowest BCUT2D eigenvalue weighted by molar-refractivity contribution is 0.470. The number of hydrogen-bond donors (Lipinski definition) is 2. The third-order valence-corrected chi connectivity index (χ3v) is 5.31. The summed E-state index contributed by atoms with van der Waals surface area (Å²) in [5.74, 6) is 0.00721. The Morgan fingerprint density at radius 1 is 1.17 bits per heavy atom. The monoisotopic (exact) mass is 455 g/mol. The Balaban J connectivity index is 1.94. The summed E-state index contributed by atoms with van der Waals surface area (Å²) in [6.07, 6.45) is 3.37. The van der Waals surface area contributed by atoms with Gasteiger partial charge >= 0.3 is 0 Å². The van der Waals surface area contributed by atoms with Crippen LogP contribution in [0.5, 0.6) is 5.75 Å². The molecule has 6 nitrogen and oxygen atoms in total. The van der Waals surface area contributed by atoms with Gasteiger partial charge in [-0.1, -0.05) is 17.7 Å². The number of aryl methyl sites for hydroxylation is 1. The number of phenols is 1. The molecule has 0 bridgehead atoms. The Bertz CT molecular complexity index is 982. The van der Waals surface area contributed by atoms with Crippen molar-refractivity contribution in [3.63, 3.8) is 0 Å². The minimum absolute atomic E-state index is 0.00721. The molecule has 0 saturated heterocycles. The molecule has 3 aromatic rings. The lowest BCUT2D eigenvalue weighted by Gasteiger charge is -2.11. The standard InChI is InChI=1S/C16H14IN3O3S/c1-11-2-5-14(6-3-11)24(22,23)19-13-4-7-16(21)15(8-13)20-10-12(17)9-18-20/h2-10,19,21H,1H3. The summed E-state index contributed by atoms with van der Waals surface area (Å²) in [7, 11) is -3.70. The van der Waals surface area contributed by atoms with E-state index in [9.17, 15) is 13.5 Å². The maximum Gasteiger partial charge on any atom is 0.261 e. The number of sulfonamides is 1. The first-order valence-electron chi connectivity index (χ1n) is 6.98. The van der Waals surface area contributed by atoms with E-state index in [1.54, 1.807) is 36.7 Å². The van der Waals surface area contributed by atoms with E-state index < -0.39 is 10.0 Å². The zero-order valence-electron chi connectivity index (χ0n) is 12.6. The van der Waals surface area contributed by atoms with Crippen LogP contribution in [0.3, 0.4) is 0 Å². The summed E-state index contributed by atoms with van der Waals surface area (Å²) in [4.78, 5) is 0.177. The molecule has 124 valence electrons. The first-order chi connectivity index (χ1) is 11.3. The number of nitrogens with one attached hydrogen (secondary N) is 1. The molecule has 0 atom stereocenters. The number of halogens is 1. The first-order valence-corrected chi connectivity index (χ1v) is 9.54. The number of phenolic OH excluding ortho intramolecular Hbond substituents is 1. The van der Waals surface area contributed by atoms with Gasteiger partial charge in [0, 0.05) is 6.20 Å². The van der Waals surface area contributed by atoms with Crippen LogP contribution in [0, 0.1) is 10.5 Å². The number of benzene rings is 2. The van der Waals surface area contributed by atoms with Crippen LogP contribution in [0.25, 0.3) is 5.69 Å². The first kappa shape index (κ1) is 16.8. The highest BCUT2D eigenvalue weighted by Crippen LogP contribution is 2.27. The van der Waals surface area contributed by atoms with Crippen LogP contribution in [-0.2, 0) is 10.0 Å². The molecule has 2 N–H and O–H groups in total. The summed E-state index contributed by atoms with van der Waals surface area (Å²) in [6.45, 7) is 1.89. The number of nitrogens with zero attached hydrogens (tertiary/aromatic N) is 2. The molecule has 8 heteroatoms. The van der Waals surface area contributed by atoms with Gasteiger partial charge in [-0.3, -0.25) is 4.72 Å². The molecule has 0 unspecified atom stereocenters. The SMILES string of the molecule is Cc1ccc(S(=O)(=O)Nc2ccc(O)c(-n3cc(I)cn3)c2)cc1. The third kappa shape index (κ3) is 3.54. The molecular formula is C16H14IN3O3S. The molecule has 2 aromatic carbocycles. The highest BCUT2D eigenvalue weighted by atomic mass is 127. The van der Waals surface area contributed by atoms with Crippen molar-refractivity contribution >= 4 is 38.3 Å². The summed E-state index contributed by atoms with van der Waals surface area (Å²) >= 11 is 2.10. The second-order valence-electron chi connectivity index (χ2n) is 5.23. The zero-order valence-corrected chi connectivity index (χ0v) is 15.6. The van der Waals surface area contributed by atoms with E-state index in [1.165, 1.54) is 22.9 Å². The highest BCUT2D eigenvalue weighted by Gasteiger charge is 2.15. The van der Waals surface area contributed by atoms with E-state index in [0.717, 1.165) is 9.13 Å². The van der Waals surface area contributed by atoms with E-state index in [1.807, 2.05) is 6.92 Å². The van der Waals surface area contributed by atoms with Crippen molar-refractivity contribution in [2.45, 2.75) is 11.8 Å². The number of aromatic nitrogens is 2. The lowest BCUT2D eigenvalue weighted by atomic mass is 10.2. The van der Waals surface area contributed by atoms with Crippen molar-refractivity contribution in [3.8, 4) is 11.4 Å². The van der Waals surface area contributed by atoms with Crippen LogP contribution in [0.4, 0.5) is 5.69 Å². The van der Waals surface area contributed by atoms with Crippen molar-refractivity contribution in [2.75, 3.05) is 4.72 Å². The molecule has 0 amide bonds. The smallest absolute Gasteiger partial charge is 0.261 e. The molecule has 0 saturated carbocycles. The summed E-state index contributed by atoms with van der Waals surface area (Å²) < 4.78 is 29.8. The molecule has 0 aliphatic carbocycles. The fourth-order valence-electron chi connectivity index (χ4n) is 2.13. The Labute approximate surface area is 153 Å². The van der Waals surface area contributed by atoms with Gasteiger partial charge in [-0.2, -0.15) is 5.10 Å². The number of rotatable bonds is 4. The quantitative estimate of drug-likeness (QED) is 0.467. The minimum Gasteiger partial charge on any atom is -0.506 e. The molecule has 1 heterocycles. The highest BCUT2D eigenvalue weighted by molar-refractivity contribution is 14.1. The molecule has 0 fully saturated rings. The van der Waals surface area contributed by atoms with Crippen molar-refractivity contribution in [2.24, 2.45) is 0 Å². The van der Waals surface area contributed by atoms with Gasteiger partial charge in [-0.25, -0.2) is 13.1 Å². The molecule has 0 spiro atoms. The second kappa shape index (κ2) is 6.44. The van der Waals surface area contributed by atoms with Crippen molar-refractivity contribution < 1.29 is 13.5 Å². The fourth-order valence-corrected chi connectivity index (χ4v) is 3.57. The van der Waals surface area contributed by atoms with E-state index in [-0.39, 0.29) is 10.6 Å². The Morgan fingerprint density at radius 2 is 1.88 bits per heavy atom. The second-order valence-corrected chi connectivity index (χ2v) is 8.15.